The van der Waals surface area contributed by atoms with Crippen LogP contribution in [0.5, 0.6) is 0 Å². The van der Waals surface area contributed by atoms with Gasteiger partial charge in [0.15, 0.2) is 0 Å². The van der Waals surface area contributed by atoms with Gasteiger partial charge in [-0.05, 0) is 38.9 Å². The Morgan fingerprint density at radius 1 is 1.13 bits per heavy atom. The molecule has 5 nitrogen and oxygen atoms in total. The minimum Gasteiger partial charge on any atom is -0.339 e. The summed E-state index contributed by atoms with van der Waals surface area (Å²) in [6, 6.07) is 7.60. The van der Waals surface area contributed by atoms with Gasteiger partial charge in [-0.25, -0.2) is 0 Å². The molecule has 1 aromatic carbocycles. The molecular weight excluding hydrogens is 290 g/mol. The van der Waals surface area contributed by atoms with Crippen LogP contribution in [0.2, 0.25) is 0 Å². The predicted octanol–water partition coefficient (Wildman–Crippen LogP) is 2.12. The highest BCUT2D eigenvalue weighted by Gasteiger charge is 2.40. The summed E-state index contributed by atoms with van der Waals surface area (Å²) >= 11 is 0. The second kappa shape index (κ2) is 7.13. The lowest BCUT2D eigenvalue weighted by molar-refractivity contribution is -0.147. The molecule has 1 aromatic rings. The van der Waals surface area contributed by atoms with Gasteiger partial charge < -0.3 is 15.1 Å². The quantitative estimate of drug-likeness (QED) is 0.866. The number of anilines is 1. The molecule has 0 atom stereocenters. The van der Waals surface area contributed by atoms with E-state index in [1.807, 2.05) is 36.1 Å². The van der Waals surface area contributed by atoms with E-state index in [1.165, 1.54) is 0 Å². The number of para-hydroxylation sites is 1. The summed E-state index contributed by atoms with van der Waals surface area (Å²) in [7, 11) is 0. The molecule has 1 heterocycles. The molecule has 1 saturated heterocycles. The van der Waals surface area contributed by atoms with Crippen molar-refractivity contribution in [2.45, 2.75) is 27.7 Å². The first-order valence-corrected chi connectivity index (χ1v) is 8.25. The number of benzene rings is 1. The Morgan fingerprint density at radius 2 is 1.74 bits per heavy atom. The van der Waals surface area contributed by atoms with E-state index in [0.29, 0.717) is 13.1 Å². The van der Waals surface area contributed by atoms with E-state index >= 15 is 0 Å². The van der Waals surface area contributed by atoms with Crippen LogP contribution >= 0.6 is 0 Å². The van der Waals surface area contributed by atoms with Crippen LogP contribution in [0, 0.1) is 12.3 Å². The second-order valence-corrected chi connectivity index (χ2v) is 6.62. The molecule has 2 amide bonds. The molecule has 0 saturated carbocycles. The first-order chi connectivity index (χ1) is 10.9. The van der Waals surface area contributed by atoms with E-state index in [-0.39, 0.29) is 11.8 Å². The Hall–Kier alpha value is -1.88. The molecule has 0 radical (unpaired) electrons. The van der Waals surface area contributed by atoms with E-state index in [4.69, 9.17) is 0 Å². The van der Waals surface area contributed by atoms with Gasteiger partial charge in [0.1, 0.15) is 5.41 Å². The number of rotatable bonds is 4. The van der Waals surface area contributed by atoms with Gasteiger partial charge in [-0.3, -0.25) is 9.59 Å². The van der Waals surface area contributed by atoms with Crippen LogP contribution in [0.1, 0.15) is 26.3 Å². The molecule has 5 heteroatoms. The summed E-state index contributed by atoms with van der Waals surface area (Å²) in [4.78, 5) is 29.5. The molecular formula is C18H27N3O2. The van der Waals surface area contributed by atoms with Crippen molar-refractivity contribution in [3.63, 3.8) is 0 Å². The number of nitrogens with one attached hydrogen (secondary N) is 1. The van der Waals surface area contributed by atoms with Gasteiger partial charge >= 0.3 is 0 Å². The third kappa shape index (κ3) is 3.91. The van der Waals surface area contributed by atoms with E-state index in [1.54, 1.807) is 13.8 Å². The Morgan fingerprint density at radius 3 is 2.30 bits per heavy atom. The van der Waals surface area contributed by atoms with E-state index in [2.05, 4.69) is 17.1 Å². The standard InChI is InChI=1S/C18H27N3O2/c1-5-20-10-12-21(13-11-20)17(23)18(3,4)16(22)19-15-9-7-6-8-14(15)2/h6-9H,5,10-13H2,1-4H3,(H,19,22). The maximum atomic E-state index is 12.8. The number of aryl methyl sites for hydroxylation is 1. The number of carbonyl (C=O) groups is 2. The molecule has 1 aliphatic rings. The fourth-order valence-electron chi connectivity index (χ4n) is 2.75. The normalized spacial score (nSPS) is 16.3. The maximum Gasteiger partial charge on any atom is 0.239 e. The van der Waals surface area contributed by atoms with Crippen molar-refractivity contribution in [2.75, 3.05) is 38.0 Å². The van der Waals surface area contributed by atoms with Crippen LogP contribution in [-0.2, 0) is 9.59 Å². The lowest BCUT2D eigenvalue weighted by Crippen LogP contribution is -2.54. The van der Waals surface area contributed by atoms with Gasteiger partial charge in [0.2, 0.25) is 11.8 Å². The predicted molar refractivity (Wildman–Crippen MR) is 92.3 cm³/mol. The fourth-order valence-corrected chi connectivity index (χ4v) is 2.75. The number of hydrogen-bond donors (Lipinski definition) is 1. The summed E-state index contributed by atoms with van der Waals surface area (Å²) in [5, 5.41) is 2.89. The highest BCUT2D eigenvalue weighted by Crippen LogP contribution is 2.24. The minimum absolute atomic E-state index is 0.0978. The summed E-state index contributed by atoms with van der Waals surface area (Å²) < 4.78 is 0. The van der Waals surface area contributed by atoms with Gasteiger partial charge in [-0.1, -0.05) is 25.1 Å². The minimum atomic E-state index is -1.07. The number of piperazine rings is 1. The smallest absolute Gasteiger partial charge is 0.239 e. The van der Waals surface area contributed by atoms with Crippen LogP contribution in [0.3, 0.4) is 0 Å². The van der Waals surface area contributed by atoms with E-state index in [0.717, 1.165) is 30.9 Å². The summed E-state index contributed by atoms with van der Waals surface area (Å²) in [5.41, 5.74) is 0.672. The molecule has 126 valence electrons. The van der Waals surface area contributed by atoms with Gasteiger partial charge in [-0.2, -0.15) is 0 Å². The lowest BCUT2D eigenvalue weighted by Gasteiger charge is -2.37. The molecule has 0 aliphatic carbocycles. The topological polar surface area (TPSA) is 52.7 Å². The molecule has 1 fully saturated rings. The Balaban J connectivity index is 2.03. The lowest BCUT2D eigenvalue weighted by atomic mass is 9.89. The van der Waals surface area contributed by atoms with E-state index < -0.39 is 5.41 Å². The number of hydrogen-bond acceptors (Lipinski definition) is 3. The van der Waals surface area contributed by atoms with Crippen molar-refractivity contribution >= 4 is 17.5 Å². The summed E-state index contributed by atoms with van der Waals surface area (Å²) in [6.45, 7) is 11.6. The van der Waals surface area contributed by atoms with Crippen molar-refractivity contribution in [3.05, 3.63) is 29.8 Å². The average Bonchev–Trinajstić information content (AvgIpc) is 2.56. The van der Waals surface area contributed by atoms with Crippen molar-refractivity contribution in [1.82, 2.24) is 9.80 Å². The van der Waals surface area contributed by atoms with E-state index in [9.17, 15) is 9.59 Å². The number of carbonyl (C=O) groups excluding carboxylic acids is 2. The number of nitrogens with zero attached hydrogens (tertiary/aromatic N) is 2. The third-order valence-corrected chi connectivity index (χ3v) is 4.60. The molecule has 0 spiro atoms. The highest BCUT2D eigenvalue weighted by molar-refractivity contribution is 6.10. The van der Waals surface area contributed by atoms with Crippen LogP contribution in [0.4, 0.5) is 5.69 Å². The number of amides is 2. The highest BCUT2D eigenvalue weighted by atomic mass is 16.2. The van der Waals surface area contributed by atoms with Gasteiger partial charge in [0.05, 0.1) is 0 Å². The molecule has 0 bridgehead atoms. The molecule has 0 unspecified atom stereocenters. The van der Waals surface area contributed by atoms with Crippen LogP contribution in [-0.4, -0.2) is 54.3 Å². The van der Waals surface area contributed by atoms with Crippen LogP contribution in [0.15, 0.2) is 24.3 Å². The monoisotopic (exact) mass is 317 g/mol. The maximum absolute atomic E-state index is 12.8. The zero-order valence-electron chi connectivity index (χ0n) is 14.6. The zero-order chi connectivity index (χ0) is 17.0. The first kappa shape index (κ1) is 17.5. The zero-order valence-corrected chi connectivity index (χ0v) is 14.6. The SMILES string of the molecule is CCN1CCN(C(=O)C(C)(C)C(=O)Nc2ccccc2C)CC1. The molecule has 0 aromatic heterocycles. The molecule has 1 aliphatic heterocycles. The summed E-state index contributed by atoms with van der Waals surface area (Å²) in [6.07, 6.45) is 0. The Labute approximate surface area is 138 Å². The number of likely N-dealkylation sites (N-methyl/N-ethyl adjacent to an activating group) is 1. The Bertz CT molecular complexity index is 575. The van der Waals surface area contributed by atoms with Crippen LogP contribution < -0.4 is 5.32 Å². The fraction of sp³-hybridized carbons (Fsp3) is 0.556. The van der Waals surface area contributed by atoms with Gasteiger partial charge in [0, 0.05) is 31.9 Å². The Kier molecular flexibility index (Phi) is 5.42. The second-order valence-electron chi connectivity index (χ2n) is 6.62. The van der Waals surface area contributed by atoms with Gasteiger partial charge in [-0.15, -0.1) is 0 Å². The van der Waals surface area contributed by atoms with Crippen molar-refractivity contribution in [2.24, 2.45) is 5.41 Å². The molecule has 1 N–H and O–H groups in total. The summed E-state index contributed by atoms with van der Waals surface area (Å²) in [5.74, 6) is -0.353. The largest absolute Gasteiger partial charge is 0.339 e. The van der Waals surface area contributed by atoms with Crippen molar-refractivity contribution in [3.8, 4) is 0 Å². The van der Waals surface area contributed by atoms with Crippen molar-refractivity contribution < 1.29 is 9.59 Å². The van der Waals surface area contributed by atoms with Crippen LogP contribution in [0.25, 0.3) is 0 Å². The molecule has 23 heavy (non-hydrogen) atoms. The van der Waals surface area contributed by atoms with Gasteiger partial charge in [0.25, 0.3) is 0 Å². The first-order valence-electron chi connectivity index (χ1n) is 8.25. The van der Waals surface area contributed by atoms with Crippen molar-refractivity contribution in [1.29, 1.82) is 0 Å². The average molecular weight is 317 g/mol. The molecule has 2 rings (SSSR count). The third-order valence-electron chi connectivity index (χ3n) is 4.60.